The molecule has 2 rings (SSSR count). The summed E-state index contributed by atoms with van der Waals surface area (Å²) in [5.41, 5.74) is 4.45. The first-order chi connectivity index (χ1) is 9.06. The summed E-state index contributed by atoms with van der Waals surface area (Å²) in [4.78, 5) is 9.25. The maximum atomic E-state index is 4.63. The van der Waals surface area contributed by atoms with E-state index in [0.29, 0.717) is 0 Å². The number of aryl methyl sites for hydroxylation is 2. The third-order valence-corrected chi connectivity index (χ3v) is 4.11. The summed E-state index contributed by atoms with van der Waals surface area (Å²) in [5.74, 6) is 1.69. The van der Waals surface area contributed by atoms with Gasteiger partial charge in [-0.15, -0.1) is 0 Å². The average Bonchev–Trinajstić information content (AvgIpc) is 2.40. The Morgan fingerprint density at radius 3 is 2.53 bits per heavy atom. The lowest BCUT2D eigenvalue weighted by Crippen LogP contribution is -2.05. The van der Waals surface area contributed by atoms with Gasteiger partial charge < -0.3 is 5.32 Å². The summed E-state index contributed by atoms with van der Waals surface area (Å²) < 4.78 is 1.10. The Morgan fingerprint density at radius 2 is 1.95 bits per heavy atom. The minimum atomic E-state index is 0.773. The van der Waals surface area contributed by atoms with Gasteiger partial charge in [-0.3, -0.25) is 0 Å². The fraction of sp³-hybridized carbons (Fsp3) is 0.333. The zero-order chi connectivity index (χ0) is 14.0. The van der Waals surface area contributed by atoms with Gasteiger partial charge in [0.25, 0.3) is 0 Å². The van der Waals surface area contributed by atoms with Crippen molar-refractivity contribution in [1.29, 1.82) is 0 Å². The second kappa shape index (κ2) is 5.70. The molecule has 0 saturated heterocycles. The first-order valence-electron chi connectivity index (χ1n) is 6.38. The number of halogens is 1. The fourth-order valence-corrected chi connectivity index (χ4v) is 2.39. The number of nitrogens with zero attached hydrogens (tertiary/aromatic N) is 2. The molecule has 0 aliphatic heterocycles. The van der Waals surface area contributed by atoms with E-state index in [1.807, 2.05) is 26.1 Å². The van der Waals surface area contributed by atoms with Crippen LogP contribution in [0.4, 0.5) is 5.82 Å². The second-order valence-corrected chi connectivity index (χ2v) is 5.38. The molecule has 1 N–H and O–H groups in total. The van der Waals surface area contributed by atoms with Crippen LogP contribution < -0.4 is 5.32 Å². The zero-order valence-electron chi connectivity index (χ0n) is 11.7. The third-order valence-electron chi connectivity index (χ3n) is 3.22. The molecule has 0 fully saturated rings. The van der Waals surface area contributed by atoms with Gasteiger partial charge in [0.1, 0.15) is 5.82 Å². The molecule has 0 bridgehead atoms. The number of benzene rings is 1. The van der Waals surface area contributed by atoms with Crippen LogP contribution in [0.25, 0.3) is 11.4 Å². The molecule has 2 aromatic rings. The third kappa shape index (κ3) is 2.78. The molecule has 0 saturated carbocycles. The van der Waals surface area contributed by atoms with Crippen molar-refractivity contribution < 1.29 is 0 Å². The minimum absolute atomic E-state index is 0.773. The van der Waals surface area contributed by atoms with E-state index in [0.717, 1.165) is 33.8 Å². The highest BCUT2D eigenvalue weighted by Gasteiger charge is 2.11. The molecule has 1 heterocycles. The molecule has 19 heavy (non-hydrogen) atoms. The molecule has 0 radical (unpaired) electrons. The zero-order valence-corrected chi connectivity index (χ0v) is 13.3. The van der Waals surface area contributed by atoms with Gasteiger partial charge in [0.15, 0.2) is 5.82 Å². The summed E-state index contributed by atoms with van der Waals surface area (Å²) >= 11 is 3.51. The molecule has 4 heteroatoms. The van der Waals surface area contributed by atoms with Crippen LogP contribution in [0.15, 0.2) is 22.7 Å². The lowest BCUT2D eigenvalue weighted by atomic mass is 10.1. The van der Waals surface area contributed by atoms with E-state index >= 15 is 0 Å². The Hall–Kier alpha value is -1.42. The van der Waals surface area contributed by atoms with Crippen LogP contribution in [0.5, 0.6) is 0 Å². The Balaban J connectivity index is 2.56. The van der Waals surface area contributed by atoms with Crippen molar-refractivity contribution in [2.75, 3.05) is 12.4 Å². The van der Waals surface area contributed by atoms with E-state index in [2.05, 4.69) is 51.1 Å². The van der Waals surface area contributed by atoms with Crippen molar-refractivity contribution in [3.05, 3.63) is 39.5 Å². The van der Waals surface area contributed by atoms with Gasteiger partial charge in [0.2, 0.25) is 0 Å². The number of anilines is 1. The standard InChI is InChI=1S/C15H18BrN3/c1-5-12-10(3)18-14(19-15(12)17-4)11-6-7-13(16)9(2)8-11/h6-8H,5H2,1-4H3,(H,17,18,19). The summed E-state index contributed by atoms with van der Waals surface area (Å²) in [6, 6.07) is 6.18. The summed E-state index contributed by atoms with van der Waals surface area (Å²) in [6.07, 6.45) is 0.932. The molecule has 1 aromatic heterocycles. The number of rotatable bonds is 3. The molecule has 1 aromatic carbocycles. The van der Waals surface area contributed by atoms with E-state index in [1.165, 1.54) is 11.1 Å². The lowest BCUT2D eigenvalue weighted by molar-refractivity contribution is 1.00. The van der Waals surface area contributed by atoms with Crippen LogP contribution in [0.2, 0.25) is 0 Å². The van der Waals surface area contributed by atoms with Crippen molar-refractivity contribution in [2.45, 2.75) is 27.2 Å². The number of nitrogens with one attached hydrogen (secondary N) is 1. The number of aromatic nitrogens is 2. The predicted octanol–water partition coefficient (Wildman–Crippen LogP) is 4.13. The molecule has 0 spiro atoms. The maximum absolute atomic E-state index is 4.63. The summed E-state index contributed by atoms with van der Waals surface area (Å²) in [7, 11) is 1.90. The van der Waals surface area contributed by atoms with Gasteiger partial charge in [-0.2, -0.15) is 0 Å². The second-order valence-electron chi connectivity index (χ2n) is 4.53. The average molecular weight is 320 g/mol. The maximum Gasteiger partial charge on any atom is 0.161 e. The largest absolute Gasteiger partial charge is 0.373 e. The molecule has 0 amide bonds. The van der Waals surface area contributed by atoms with Gasteiger partial charge >= 0.3 is 0 Å². The molecule has 0 aliphatic carbocycles. The number of hydrogen-bond acceptors (Lipinski definition) is 3. The van der Waals surface area contributed by atoms with Crippen molar-refractivity contribution in [3.8, 4) is 11.4 Å². The van der Waals surface area contributed by atoms with E-state index in [1.54, 1.807) is 0 Å². The summed E-state index contributed by atoms with van der Waals surface area (Å²) in [6.45, 7) is 6.23. The van der Waals surface area contributed by atoms with Gasteiger partial charge in [-0.1, -0.05) is 28.9 Å². The molecule has 100 valence electrons. The predicted molar refractivity (Wildman–Crippen MR) is 83.6 cm³/mol. The van der Waals surface area contributed by atoms with Crippen molar-refractivity contribution in [2.24, 2.45) is 0 Å². The van der Waals surface area contributed by atoms with Crippen molar-refractivity contribution in [1.82, 2.24) is 9.97 Å². The SMILES string of the molecule is CCc1c(C)nc(-c2ccc(Br)c(C)c2)nc1NC. The van der Waals surface area contributed by atoms with Gasteiger partial charge in [0, 0.05) is 28.3 Å². The topological polar surface area (TPSA) is 37.8 Å². The molecule has 0 aliphatic rings. The minimum Gasteiger partial charge on any atom is -0.373 e. The van der Waals surface area contributed by atoms with Crippen molar-refractivity contribution in [3.63, 3.8) is 0 Å². The lowest BCUT2D eigenvalue weighted by Gasteiger charge is -2.12. The molecule has 3 nitrogen and oxygen atoms in total. The van der Waals surface area contributed by atoms with Crippen LogP contribution >= 0.6 is 15.9 Å². The van der Waals surface area contributed by atoms with Crippen LogP contribution in [0.1, 0.15) is 23.7 Å². The van der Waals surface area contributed by atoms with Crippen LogP contribution in [0.3, 0.4) is 0 Å². The molecular formula is C15H18BrN3. The highest BCUT2D eigenvalue weighted by Crippen LogP contribution is 2.25. The van der Waals surface area contributed by atoms with Gasteiger partial charge in [0.05, 0.1) is 0 Å². The first kappa shape index (κ1) is 14.0. The molecular weight excluding hydrogens is 302 g/mol. The van der Waals surface area contributed by atoms with Crippen molar-refractivity contribution >= 4 is 21.7 Å². The van der Waals surface area contributed by atoms with E-state index in [-0.39, 0.29) is 0 Å². The van der Waals surface area contributed by atoms with Gasteiger partial charge in [-0.05, 0) is 38.0 Å². The fourth-order valence-electron chi connectivity index (χ4n) is 2.14. The quantitative estimate of drug-likeness (QED) is 0.924. The smallest absolute Gasteiger partial charge is 0.161 e. The van der Waals surface area contributed by atoms with Crippen LogP contribution in [-0.4, -0.2) is 17.0 Å². The molecule has 0 atom stereocenters. The Kier molecular flexibility index (Phi) is 4.20. The monoisotopic (exact) mass is 319 g/mol. The Morgan fingerprint density at radius 1 is 1.21 bits per heavy atom. The van der Waals surface area contributed by atoms with Crippen LogP contribution in [-0.2, 0) is 6.42 Å². The van der Waals surface area contributed by atoms with E-state index < -0.39 is 0 Å². The van der Waals surface area contributed by atoms with E-state index in [9.17, 15) is 0 Å². The van der Waals surface area contributed by atoms with Crippen LogP contribution in [0, 0.1) is 13.8 Å². The molecule has 0 unspecified atom stereocenters. The van der Waals surface area contributed by atoms with Gasteiger partial charge in [-0.25, -0.2) is 9.97 Å². The van der Waals surface area contributed by atoms with E-state index in [4.69, 9.17) is 0 Å². The summed E-state index contributed by atoms with van der Waals surface area (Å²) in [5, 5.41) is 3.16. The first-order valence-corrected chi connectivity index (χ1v) is 7.18. The Bertz CT molecular complexity index is 609. The Labute approximate surface area is 122 Å². The number of hydrogen-bond donors (Lipinski definition) is 1. The highest BCUT2D eigenvalue weighted by molar-refractivity contribution is 9.10. The highest BCUT2D eigenvalue weighted by atomic mass is 79.9. The normalized spacial score (nSPS) is 10.6.